The lowest BCUT2D eigenvalue weighted by Gasteiger charge is -2.17. The van der Waals surface area contributed by atoms with Gasteiger partial charge in [0.05, 0.1) is 5.56 Å². The monoisotopic (exact) mass is 288 g/mol. The second-order valence-corrected chi connectivity index (χ2v) is 4.86. The third-order valence-corrected chi connectivity index (χ3v) is 3.26. The molecular weight excluding hydrogens is 273 g/mol. The molecule has 110 valence electrons. The van der Waals surface area contributed by atoms with Crippen LogP contribution in [0.5, 0.6) is 0 Å². The smallest absolute Gasteiger partial charge is 0.396 e. The highest BCUT2D eigenvalue weighted by atomic mass is 19.4. The maximum atomic E-state index is 12.4. The topological polar surface area (TPSA) is 62.2 Å². The van der Waals surface area contributed by atoms with Crippen molar-refractivity contribution >= 4 is 5.91 Å². The first-order valence-electron chi connectivity index (χ1n) is 6.37. The van der Waals surface area contributed by atoms with Gasteiger partial charge in [-0.2, -0.15) is 13.2 Å². The van der Waals surface area contributed by atoms with Crippen molar-refractivity contribution in [3.05, 3.63) is 29.6 Å². The molecule has 20 heavy (non-hydrogen) atoms. The lowest BCUT2D eigenvalue weighted by Crippen LogP contribution is -2.37. The maximum absolute atomic E-state index is 12.4. The average Bonchev–Trinajstić information content (AvgIpc) is 3.21. The normalized spacial score (nSPS) is 16.8. The number of pyridine rings is 1. The number of carbonyl (C=O) groups excluding carboxylic acids is 1. The number of hydrogen-bond acceptors (Lipinski definition) is 3. The number of carbonyl (C=O) groups is 1. The Hall–Kier alpha value is -1.63. The summed E-state index contributed by atoms with van der Waals surface area (Å²) >= 11 is 0. The highest BCUT2D eigenvalue weighted by Gasteiger charge is 2.33. The summed E-state index contributed by atoms with van der Waals surface area (Å²) in [4.78, 5) is 15.2. The van der Waals surface area contributed by atoms with Crippen LogP contribution in [0.4, 0.5) is 13.2 Å². The van der Waals surface area contributed by atoms with Crippen LogP contribution in [-0.4, -0.2) is 28.6 Å². The van der Waals surface area contributed by atoms with E-state index in [1.807, 2.05) is 0 Å². The molecule has 1 unspecified atom stereocenters. The fraction of sp³-hybridized carbons (Fsp3) is 0.538. The Morgan fingerprint density at radius 2 is 2.15 bits per heavy atom. The van der Waals surface area contributed by atoms with Crippen molar-refractivity contribution in [1.29, 1.82) is 0 Å². The summed E-state index contributed by atoms with van der Waals surface area (Å²) < 4.78 is 37.1. The number of nitrogens with zero attached hydrogens (tertiary/aromatic N) is 1. The van der Waals surface area contributed by atoms with Crippen LogP contribution in [0.1, 0.15) is 35.3 Å². The van der Waals surface area contributed by atoms with Crippen molar-refractivity contribution in [1.82, 2.24) is 10.3 Å². The van der Waals surface area contributed by atoms with Crippen LogP contribution in [0.15, 0.2) is 18.3 Å². The average molecular weight is 288 g/mol. The molecule has 0 spiro atoms. The van der Waals surface area contributed by atoms with Crippen molar-refractivity contribution in [3.8, 4) is 0 Å². The quantitative estimate of drug-likeness (QED) is 0.871. The van der Waals surface area contributed by atoms with Gasteiger partial charge in [0.15, 0.2) is 0 Å². The third-order valence-electron chi connectivity index (χ3n) is 3.26. The molecule has 0 bridgehead atoms. The lowest BCUT2D eigenvalue weighted by atomic mass is 10.1. The highest BCUT2D eigenvalue weighted by Crippen LogP contribution is 2.34. The summed E-state index contributed by atoms with van der Waals surface area (Å²) in [5, 5.41) is 11.7. The molecule has 1 aliphatic rings. The number of aliphatic hydroxyl groups is 1. The van der Waals surface area contributed by atoms with E-state index in [1.54, 1.807) is 0 Å². The maximum Gasteiger partial charge on any atom is 0.433 e. The Kier molecular flexibility index (Phi) is 4.27. The fourth-order valence-corrected chi connectivity index (χ4v) is 2.01. The molecule has 0 aliphatic heterocycles. The number of alkyl halides is 3. The van der Waals surface area contributed by atoms with Crippen LogP contribution in [0.3, 0.4) is 0 Å². The van der Waals surface area contributed by atoms with Crippen molar-refractivity contribution in [3.63, 3.8) is 0 Å². The number of aliphatic hydroxyl groups excluding tert-OH is 1. The van der Waals surface area contributed by atoms with Crippen molar-refractivity contribution in [2.24, 2.45) is 5.92 Å². The van der Waals surface area contributed by atoms with Gasteiger partial charge in [-0.15, -0.1) is 0 Å². The van der Waals surface area contributed by atoms with Gasteiger partial charge in [0.2, 0.25) is 0 Å². The van der Waals surface area contributed by atoms with Crippen LogP contribution < -0.4 is 5.32 Å². The third kappa shape index (κ3) is 3.69. The van der Waals surface area contributed by atoms with E-state index in [1.165, 1.54) is 0 Å². The number of aromatic nitrogens is 1. The van der Waals surface area contributed by atoms with Crippen molar-refractivity contribution in [2.45, 2.75) is 31.5 Å². The Bertz CT molecular complexity index is 469. The molecule has 2 N–H and O–H groups in total. The summed E-state index contributed by atoms with van der Waals surface area (Å²) in [6.45, 7) is -0.0350. The Balaban J connectivity index is 2.01. The zero-order valence-electron chi connectivity index (χ0n) is 10.7. The molecule has 1 aliphatic carbocycles. The van der Waals surface area contributed by atoms with E-state index in [0.29, 0.717) is 12.3 Å². The Morgan fingerprint density at radius 3 is 2.60 bits per heavy atom. The first-order valence-corrected chi connectivity index (χ1v) is 6.37. The van der Waals surface area contributed by atoms with Crippen LogP contribution >= 0.6 is 0 Å². The standard InChI is InChI=1S/C13H15F3N2O2/c14-13(15,16)11-4-3-9(7-17-11)12(20)18-10(5-6-19)8-1-2-8/h3-4,7-8,10,19H,1-2,5-6H2,(H,18,20). The molecule has 0 radical (unpaired) electrons. The molecule has 1 heterocycles. The first-order chi connectivity index (χ1) is 9.41. The van der Waals surface area contributed by atoms with Gasteiger partial charge in [-0.1, -0.05) is 0 Å². The fourth-order valence-electron chi connectivity index (χ4n) is 2.01. The number of hydrogen-bond donors (Lipinski definition) is 2. The van der Waals surface area contributed by atoms with Crippen LogP contribution in [-0.2, 0) is 6.18 Å². The highest BCUT2D eigenvalue weighted by molar-refractivity contribution is 5.94. The summed E-state index contributed by atoms with van der Waals surface area (Å²) in [6, 6.07) is 1.76. The summed E-state index contributed by atoms with van der Waals surface area (Å²) in [5.74, 6) is -0.106. The molecular formula is C13H15F3N2O2. The van der Waals surface area contributed by atoms with E-state index in [4.69, 9.17) is 5.11 Å². The van der Waals surface area contributed by atoms with Gasteiger partial charge in [0.1, 0.15) is 5.69 Å². The molecule has 0 aromatic carbocycles. The Labute approximate surface area is 114 Å². The van der Waals surface area contributed by atoms with Crippen LogP contribution in [0.2, 0.25) is 0 Å². The van der Waals surface area contributed by atoms with E-state index < -0.39 is 17.8 Å². The van der Waals surface area contributed by atoms with E-state index >= 15 is 0 Å². The summed E-state index contributed by atoms with van der Waals surface area (Å²) in [5.41, 5.74) is -0.940. The lowest BCUT2D eigenvalue weighted by molar-refractivity contribution is -0.141. The van der Waals surface area contributed by atoms with Crippen molar-refractivity contribution < 1.29 is 23.1 Å². The molecule has 7 heteroatoms. The van der Waals surface area contributed by atoms with Gasteiger partial charge in [0.25, 0.3) is 5.91 Å². The van der Waals surface area contributed by atoms with Crippen LogP contribution in [0.25, 0.3) is 0 Å². The van der Waals surface area contributed by atoms with Gasteiger partial charge >= 0.3 is 6.18 Å². The van der Waals surface area contributed by atoms with Gasteiger partial charge < -0.3 is 10.4 Å². The molecule has 1 amide bonds. The second-order valence-electron chi connectivity index (χ2n) is 4.86. The zero-order valence-corrected chi connectivity index (χ0v) is 10.7. The summed E-state index contributed by atoms with van der Waals surface area (Å²) in [7, 11) is 0. The van der Waals surface area contributed by atoms with Gasteiger partial charge in [-0.25, -0.2) is 0 Å². The minimum atomic E-state index is -4.51. The largest absolute Gasteiger partial charge is 0.433 e. The van der Waals surface area contributed by atoms with Gasteiger partial charge in [-0.3, -0.25) is 9.78 Å². The molecule has 2 rings (SSSR count). The SMILES string of the molecule is O=C(NC(CCO)C1CC1)c1ccc(C(F)(F)F)nc1. The molecule has 4 nitrogen and oxygen atoms in total. The van der Waals surface area contributed by atoms with E-state index in [-0.39, 0.29) is 18.2 Å². The molecule has 0 saturated heterocycles. The molecule has 1 saturated carbocycles. The minimum absolute atomic E-state index is 0.0350. The zero-order chi connectivity index (χ0) is 14.8. The van der Waals surface area contributed by atoms with E-state index in [2.05, 4.69) is 10.3 Å². The summed E-state index contributed by atoms with van der Waals surface area (Å²) in [6.07, 6.45) is -1.15. The molecule has 1 atom stereocenters. The molecule has 1 aromatic heterocycles. The number of rotatable bonds is 5. The predicted molar refractivity (Wildman–Crippen MR) is 64.9 cm³/mol. The van der Waals surface area contributed by atoms with E-state index in [0.717, 1.165) is 31.2 Å². The number of amides is 1. The van der Waals surface area contributed by atoms with E-state index in [9.17, 15) is 18.0 Å². The van der Waals surface area contributed by atoms with Gasteiger partial charge in [-0.05, 0) is 37.3 Å². The minimum Gasteiger partial charge on any atom is -0.396 e. The predicted octanol–water partition coefficient (Wildman–Crippen LogP) is 1.99. The first kappa shape index (κ1) is 14.8. The van der Waals surface area contributed by atoms with Crippen LogP contribution in [0, 0.1) is 5.92 Å². The second kappa shape index (κ2) is 5.78. The molecule has 1 aromatic rings. The van der Waals surface area contributed by atoms with Gasteiger partial charge in [0, 0.05) is 18.8 Å². The number of halogens is 3. The molecule has 1 fully saturated rings. The number of nitrogens with one attached hydrogen (secondary N) is 1. The van der Waals surface area contributed by atoms with Crippen molar-refractivity contribution in [2.75, 3.05) is 6.61 Å². The Morgan fingerprint density at radius 1 is 1.45 bits per heavy atom.